The first-order chi connectivity index (χ1) is 12.8. The molecule has 2 aromatic heterocycles. The number of rotatable bonds is 5. The molecule has 5 nitrogen and oxygen atoms in total. The molecule has 6 heteroatoms. The zero-order chi connectivity index (χ0) is 17.9. The van der Waals surface area contributed by atoms with E-state index >= 15 is 0 Å². The van der Waals surface area contributed by atoms with Crippen LogP contribution in [-0.2, 0) is 13.0 Å². The number of nitrogens with one attached hydrogen (secondary N) is 1. The number of ether oxygens (including phenoxy) is 1. The fraction of sp³-hybridized carbons (Fsp3) is 0.300. The minimum Gasteiger partial charge on any atom is -0.494 e. The SMILES string of the molecule is COc1cc(CNC2CCCc3c2cnn3-c2ccccn2)ccc1F. The number of nitrogens with zero attached hydrogens (tertiary/aromatic N) is 3. The van der Waals surface area contributed by atoms with E-state index in [1.54, 1.807) is 18.3 Å². The maximum absolute atomic E-state index is 13.6. The van der Waals surface area contributed by atoms with Crippen LogP contribution in [0.4, 0.5) is 4.39 Å². The van der Waals surface area contributed by atoms with Crippen LogP contribution in [0.15, 0.2) is 48.8 Å². The highest BCUT2D eigenvalue weighted by molar-refractivity contribution is 5.33. The third-order valence-electron chi connectivity index (χ3n) is 4.82. The van der Waals surface area contributed by atoms with Crippen molar-refractivity contribution in [3.8, 4) is 11.6 Å². The molecule has 0 radical (unpaired) electrons. The molecule has 0 spiro atoms. The fourth-order valence-corrected chi connectivity index (χ4v) is 3.50. The van der Waals surface area contributed by atoms with Gasteiger partial charge >= 0.3 is 0 Å². The monoisotopic (exact) mass is 352 g/mol. The number of halogens is 1. The van der Waals surface area contributed by atoms with Crippen molar-refractivity contribution in [3.63, 3.8) is 0 Å². The Hall–Kier alpha value is -2.73. The van der Waals surface area contributed by atoms with Crippen LogP contribution in [-0.4, -0.2) is 21.9 Å². The van der Waals surface area contributed by atoms with Gasteiger partial charge in [0.15, 0.2) is 17.4 Å². The van der Waals surface area contributed by atoms with Crippen LogP contribution in [0.3, 0.4) is 0 Å². The van der Waals surface area contributed by atoms with Gasteiger partial charge in [0.2, 0.25) is 0 Å². The molecule has 1 N–H and O–H groups in total. The van der Waals surface area contributed by atoms with E-state index in [9.17, 15) is 4.39 Å². The summed E-state index contributed by atoms with van der Waals surface area (Å²) in [6.07, 6.45) is 6.86. The number of benzene rings is 1. The van der Waals surface area contributed by atoms with Gasteiger partial charge in [0, 0.05) is 24.3 Å². The third-order valence-corrected chi connectivity index (χ3v) is 4.82. The summed E-state index contributed by atoms with van der Waals surface area (Å²) >= 11 is 0. The molecule has 0 amide bonds. The summed E-state index contributed by atoms with van der Waals surface area (Å²) in [5.74, 6) is 0.780. The van der Waals surface area contributed by atoms with Crippen molar-refractivity contribution >= 4 is 0 Å². The maximum Gasteiger partial charge on any atom is 0.165 e. The lowest BCUT2D eigenvalue weighted by atomic mass is 9.92. The molecule has 4 rings (SSSR count). The van der Waals surface area contributed by atoms with Gasteiger partial charge < -0.3 is 10.1 Å². The number of aromatic nitrogens is 3. The van der Waals surface area contributed by atoms with E-state index in [4.69, 9.17) is 4.74 Å². The molecule has 134 valence electrons. The standard InChI is InChI=1S/C20H21FN4O/c1-26-19-11-14(8-9-16(19)21)12-23-17-5-4-6-18-15(17)13-24-25(18)20-7-2-3-10-22-20/h2-3,7-11,13,17,23H,4-6,12H2,1H3. The van der Waals surface area contributed by atoms with E-state index in [2.05, 4.69) is 15.4 Å². The summed E-state index contributed by atoms with van der Waals surface area (Å²) in [4.78, 5) is 4.41. The van der Waals surface area contributed by atoms with Crippen molar-refractivity contribution in [2.75, 3.05) is 7.11 Å². The smallest absolute Gasteiger partial charge is 0.165 e. The van der Waals surface area contributed by atoms with E-state index in [0.29, 0.717) is 6.54 Å². The zero-order valence-corrected chi connectivity index (χ0v) is 14.7. The summed E-state index contributed by atoms with van der Waals surface area (Å²) in [5, 5.41) is 8.13. The molecule has 1 atom stereocenters. The van der Waals surface area contributed by atoms with Gasteiger partial charge in [0.25, 0.3) is 0 Å². The normalized spacial score (nSPS) is 16.3. The van der Waals surface area contributed by atoms with E-state index < -0.39 is 0 Å². The molecule has 1 aliphatic rings. The van der Waals surface area contributed by atoms with Crippen LogP contribution < -0.4 is 10.1 Å². The van der Waals surface area contributed by atoms with Gasteiger partial charge in [0.05, 0.1) is 19.0 Å². The topological polar surface area (TPSA) is 52.0 Å². The Kier molecular flexibility index (Phi) is 4.67. The minimum absolute atomic E-state index is 0.229. The van der Waals surface area contributed by atoms with E-state index in [0.717, 1.165) is 30.6 Å². The molecule has 0 saturated carbocycles. The first kappa shape index (κ1) is 16.7. The van der Waals surface area contributed by atoms with Gasteiger partial charge in [0.1, 0.15) is 0 Å². The molecule has 2 heterocycles. The second-order valence-corrected chi connectivity index (χ2v) is 6.44. The van der Waals surface area contributed by atoms with E-state index in [1.807, 2.05) is 29.1 Å². The maximum atomic E-state index is 13.6. The van der Waals surface area contributed by atoms with Gasteiger partial charge in [-0.1, -0.05) is 12.1 Å². The van der Waals surface area contributed by atoms with Gasteiger partial charge in [-0.15, -0.1) is 0 Å². The number of hydrogen-bond acceptors (Lipinski definition) is 4. The van der Waals surface area contributed by atoms with Crippen LogP contribution in [0.1, 0.15) is 35.7 Å². The van der Waals surface area contributed by atoms with Crippen LogP contribution >= 0.6 is 0 Å². The summed E-state index contributed by atoms with van der Waals surface area (Å²) in [6.45, 7) is 0.648. The molecule has 1 aromatic carbocycles. The van der Waals surface area contributed by atoms with Crippen LogP contribution in [0.2, 0.25) is 0 Å². The quantitative estimate of drug-likeness (QED) is 0.763. The molecule has 3 aromatic rings. The molecule has 1 unspecified atom stereocenters. The van der Waals surface area contributed by atoms with E-state index in [-0.39, 0.29) is 17.6 Å². The van der Waals surface area contributed by atoms with Crippen LogP contribution in [0.5, 0.6) is 5.75 Å². The van der Waals surface area contributed by atoms with Crippen molar-refractivity contribution in [3.05, 3.63) is 71.4 Å². The molecule has 0 fully saturated rings. The first-order valence-corrected chi connectivity index (χ1v) is 8.80. The predicted molar refractivity (Wildman–Crippen MR) is 96.8 cm³/mol. The van der Waals surface area contributed by atoms with Crippen LogP contribution in [0, 0.1) is 5.82 Å². The molecular weight excluding hydrogens is 331 g/mol. The van der Waals surface area contributed by atoms with Crippen LogP contribution in [0.25, 0.3) is 5.82 Å². The highest BCUT2D eigenvalue weighted by atomic mass is 19.1. The number of pyridine rings is 1. The average Bonchev–Trinajstić information content (AvgIpc) is 3.13. The van der Waals surface area contributed by atoms with Gasteiger partial charge in [-0.2, -0.15) is 5.10 Å². The summed E-state index contributed by atoms with van der Waals surface area (Å²) in [5.41, 5.74) is 3.42. The summed E-state index contributed by atoms with van der Waals surface area (Å²) in [7, 11) is 1.48. The Bertz CT molecular complexity index is 894. The molecule has 0 aliphatic heterocycles. The van der Waals surface area contributed by atoms with Crippen molar-refractivity contribution in [2.24, 2.45) is 0 Å². The Balaban J connectivity index is 1.53. The van der Waals surface area contributed by atoms with Crippen molar-refractivity contribution in [2.45, 2.75) is 31.8 Å². The summed E-state index contributed by atoms with van der Waals surface area (Å²) in [6, 6.07) is 11.0. The minimum atomic E-state index is -0.340. The Morgan fingerprint density at radius 1 is 1.31 bits per heavy atom. The van der Waals surface area contributed by atoms with Gasteiger partial charge in [-0.05, 0) is 49.1 Å². The predicted octanol–water partition coefficient (Wildman–Crippen LogP) is 3.58. The third kappa shape index (κ3) is 3.20. The molecular formula is C20H21FN4O. The molecule has 1 aliphatic carbocycles. The second kappa shape index (κ2) is 7.25. The lowest BCUT2D eigenvalue weighted by Crippen LogP contribution is -2.25. The Morgan fingerprint density at radius 3 is 3.04 bits per heavy atom. The lowest BCUT2D eigenvalue weighted by Gasteiger charge is -2.24. The highest BCUT2D eigenvalue weighted by Gasteiger charge is 2.24. The highest BCUT2D eigenvalue weighted by Crippen LogP contribution is 2.31. The first-order valence-electron chi connectivity index (χ1n) is 8.80. The number of fused-ring (bicyclic) bond motifs is 1. The number of hydrogen-bond donors (Lipinski definition) is 1. The second-order valence-electron chi connectivity index (χ2n) is 6.44. The van der Waals surface area contributed by atoms with Crippen molar-refractivity contribution < 1.29 is 9.13 Å². The van der Waals surface area contributed by atoms with Crippen molar-refractivity contribution in [1.29, 1.82) is 0 Å². The average molecular weight is 352 g/mol. The zero-order valence-electron chi connectivity index (χ0n) is 14.7. The largest absolute Gasteiger partial charge is 0.494 e. The van der Waals surface area contributed by atoms with Gasteiger partial charge in [-0.3, -0.25) is 0 Å². The van der Waals surface area contributed by atoms with Gasteiger partial charge in [-0.25, -0.2) is 14.1 Å². The van der Waals surface area contributed by atoms with Crippen molar-refractivity contribution in [1.82, 2.24) is 20.1 Å². The fourth-order valence-electron chi connectivity index (χ4n) is 3.50. The van der Waals surface area contributed by atoms with E-state index in [1.165, 1.54) is 24.4 Å². The number of methoxy groups -OCH3 is 1. The molecule has 0 bridgehead atoms. The summed E-state index contributed by atoms with van der Waals surface area (Å²) < 4.78 is 20.6. The molecule has 26 heavy (non-hydrogen) atoms. The Morgan fingerprint density at radius 2 is 2.23 bits per heavy atom. The Labute approximate surface area is 151 Å². The lowest BCUT2D eigenvalue weighted by molar-refractivity contribution is 0.385. The molecule has 0 saturated heterocycles.